The van der Waals surface area contributed by atoms with E-state index in [-0.39, 0.29) is 29.4 Å². The third kappa shape index (κ3) is 3.37. The first kappa shape index (κ1) is 17.2. The number of pyridine rings is 1. The van der Waals surface area contributed by atoms with Crippen LogP contribution in [0.4, 0.5) is 0 Å². The zero-order valence-corrected chi connectivity index (χ0v) is 14.7. The second kappa shape index (κ2) is 7.17. The van der Waals surface area contributed by atoms with Gasteiger partial charge in [-0.15, -0.1) is 0 Å². The third-order valence-corrected chi connectivity index (χ3v) is 5.86. The highest BCUT2D eigenvalue weighted by Crippen LogP contribution is 2.29. The molecule has 1 aromatic carbocycles. The average Bonchev–Trinajstić information content (AvgIpc) is 2.68. The van der Waals surface area contributed by atoms with Crippen molar-refractivity contribution < 1.29 is 9.90 Å². The lowest BCUT2D eigenvalue weighted by Gasteiger charge is -2.41. The van der Waals surface area contributed by atoms with Gasteiger partial charge < -0.3 is 10.1 Å². The van der Waals surface area contributed by atoms with Gasteiger partial charge in [0.15, 0.2) is 5.78 Å². The predicted molar refractivity (Wildman–Crippen MR) is 99.3 cm³/mol. The smallest absolute Gasteiger partial charge is 0.247 e. The van der Waals surface area contributed by atoms with Crippen LogP contribution in [0.15, 0.2) is 47.4 Å². The Kier molecular flexibility index (Phi) is 4.74. The lowest BCUT2D eigenvalue weighted by atomic mass is 9.83. The minimum atomic E-state index is -0.351. The van der Waals surface area contributed by atoms with Crippen molar-refractivity contribution in [3.8, 4) is 0 Å². The minimum absolute atomic E-state index is 0.00910. The molecule has 26 heavy (non-hydrogen) atoms. The highest BCUT2D eigenvalue weighted by atomic mass is 16.3. The number of aliphatic hydroxyl groups is 1. The van der Waals surface area contributed by atoms with Gasteiger partial charge in [0.2, 0.25) is 5.56 Å². The summed E-state index contributed by atoms with van der Waals surface area (Å²) in [5.41, 5.74) is 2.96. The molecule has 2 unspecified atom stereocenters. The average molecular weight is 352 g/mol. The monoisotopic (exact) mass is 352 g/mol. The summed E-state index contributed by atoms with van der Waals surface area (Å²) in [6.07, 6.45) is 4.33. The Balaban J connectivity index is 1.40. The summed E-state index contributed by atoms with van der Waals surface area (Å²) in [7, 11) is 0. The van der Waals surface area contributed by atoms with Gasteiger partial charge in [-0.3, -0.25) is 14.5 Å². The van der Waals surface area contributed by atoms with Crippen LogP contribution in [0, 0.1) is 5.92 Å². The Bertz CT molecular complexity index is 832. The fraction of sp³-hybridized carbons (Fsp3) is 0.429. The number of Topliss-reactive ketones (excluding diaryl/α,β-unsaturated/α-hetero) is 1. The Hall–Kier alpha value is -2.24. The Morgan fingerprint density at radius 3 is 2.38 bits per heavy atom. The molecule has 1 aromatic heterocycles. The molecule has 0 spiro atoms. The lowest BCUT2D eigenvalue weighted by Crippen LogP contribution is -2.51. The van der Waals surface area contributed by atoms with E-state index in [0.29, 0.717) is 12.0 Å². The number of nitrogens with zero attached hydrogens (tertiary/aromatic N) is 1. The summed E-state index contributed by atoms with van der Waals surface area (Å²) in [4.78, 5) is 28.7. The number of aromatic amines is 1. The molecule has 0 amide bonds. The van der Waals surface area contributed by atoms with Crippen LogP contribution in [0.1, 0.15) is 34.3 Å². The van der Waals surface area contributed by atoms with Crippen LogP contribution < -0.4 is 5.56 Å². The second-order valence-corrected chi connectivity index (χ2v) is 7.43. The van der Waals surface area contributed by atoms with Crippen molar-refractivity contribution >= 4 is 5.78 Å². The van der Waals surface area contributed by atoms with Crippen molar-refractivity contribution in [2.45, 2.75) is 37.8 Å². The molecule has 0 bridgehead atoms. The maximum atomic E-state index is 12.6. The van der Waals surface area contributed by atoms with E-state index in [1.54, 1.807) is 6.07 Å². The summed E-state index contributed by atoms with van der Waals surface area (Å²) in [6.45, 7) is 1.65. The third-order valence-electron chi connectivity index (χ3n) is 5.86. The maximum Gasteiger partial charge on any atom is 0.247 e. The summed E-state index contributed by atoms with van der Waals surface area (Å²) >= 11 is 0. The molecule has 1 fully saturated rings. The molecule has 1 saturated heterocycles. The normalized spacial score (nSPS) is 24.2. The molecule has 2 atom stereocenters. The Labute approximate surface area is 152 Å². The first-order chi connectivity index (χ1) is 12.6. The van der Waals surface area contributed by atoms with Gasteiger partial charge in [0, 0.05) is 36.2 Å². The fourth-order valence-electron chi connectivity index (χ4n) is 4.34. The molecule has 2 aromatic rings. The first-order valence-electron chi connectivity index (χ1n) is 9.33. The van der Waals surface area contributed by atoms with Crippen molar-refractivity contribution in [2.75, 3.05) is 13.1 Å². The number of carbonyl (C=O) groups is 1. The van der Waals surface area contributed by atoms with E-state index in [9.17, 15) is 14.7 Å². The molecule has 1 aliphatic carbocycles. The van der Waals surface area contributed by atoms with Crippen molar-refractivity contribution in [2.24, 2.45) is 5.92 Å². The number of rotatable bonds is 3. The van der Waals surface area contributed by atoms with Crippen molar-refractivity contribution in [1.29, 1.82) is 0 Å². The molecule has 1 aliphatic heterocycles. The van der Waals surface area contributed by atoms with Crippen LogP contribution in [-0.2, 0) is 12.8 Å². The molecule has 0 saturated carbocycles. The van der Waals surface area contributed by atoms with Crippen LogP contribution in [0.25, 0.3) is 0 Å². The zero-order chi connectivity index (χ0) is 18.1. The number of aliphatic hydroxyl groups excluding tert-OH is 1. The number of hydrogen-bond acceptors (Lipinski definition) is 4. The molecular weight excluding hydrogens is 328 g/mol. The number of piperidine rings is 1. The highest BCUT2D eigenvalue weighted by molar-refractivity contribution is 5.97. The topological polar surface area (TPSA) is 73.4 Å². The number of nitrogens with one attached hydrogen (secondary N) is 1. The predicted octanol–water partition coefficient (Wildman–Crippen LogP) is 1.80. The van der Waals surface area contributed by atoms with E-state index in [4.69, 9.17) is 0 Å². The number of H-pyrrole nitrogens is 1. The number of fused-ring (bicyclic) bond motifs is 1. The lowest BCUT2D eigenvalue weighted by molar-refractivity contribution is 0.0239. The van der Waals surface area contributed by atoms with Crippen molar-refractivity contribution in [1.82, 2.24) is 9.88 Å². The molecular formula is C21H24N2O3. The van der Waals surface area contributed by atoms with Crippen LogP contribution in [0.5, 0.6) is 0 Å². The number of hydrogen-bond donors (Lipinski definition) is 2. The molecule has 2 N–H and O–H groups in total. The van der Waals surface area contributed by atoms with Gasteiger partial charge in [-0.2, -0.15) is 0 Å². The maximum absolute atomic E-state index is 12.6. The van der Waals surface area contributed by atoms with Gasteiger partial charge in [-0.25, -0.2) is 0 Å². The van der Waals surface area contributed by atoms with Crippen molar-refractivity contribution in [3.05, 3.63) is 69.6 Å². The van der Waals surface area contributed by atoms with Crippen LogP contribution >= 0.6 is 0 Å². The summed E-state index contributed by atoms with van der Waals surface area (Å²) in [6, 6.07) is 11.5. The van der Waals surface area contributed by atoms with Crippen LogP contribution in [0.3, 0.4) is 0 Å². The first-order valence-corrected chi connectivity index (χ1v) is 9.33. The molecule has 2 heterocycles. The van der Waals surface area contributed by atoms with Gasteiger partial charge in [-0.05, 0) is 49.5 Å². The minimum Gasteiger partial charge on any atom is -0.391 e. The molecule has 5 nitrogen and oxygen atoms in total. The Morgan fingerprint density at radius 2 is 1.73 bits per heavy atom. The van der Waals surface area contributed by atoms with E-state index in [1.165, 1.54) is 23.4 Å². The summed E-state index contributed by atoms with van der Waals surface area (Å²) in [5, 5.41) is 10.6. The zero-order valence-electron chi connectivity index (χ0n) is 14.7. The molecule has 2 aliphatic rings. The van der Waals surface area contributed by atoms with Gasteiger partial charge >= 0.3 is 0 Å². The van der Waals surface area contributed by atoms with Gasteiger partial charge in [0.05, 0.1) is 6.10 Å². The number of likely N-dealkylation sites (tertiary alicyclic amines) is 1. The van der Waals surface area contributed by atoms with Gasteiger partial charge in [0.1, 0.15) is 0 Å². The molecule has 136 valence electrons. The van der Waals surface area contributed by atoms with Gasteiger partial charge in [0.25, 0.3) is 0 Å². The van der Waals surface area contributed by atoms with E-state index < -0.39 is 0 Å². The number of aromatic nitrogens is 1. The standard InChI is InChI=1S/C21H24N2O3/c24-19-12-16-4-2-1-3-15(16)11-18(19)23-9-7-14(8-10-23)21(26)17-5-6-20(25)22-13-17/h1-6,13-14,18-19,24H,7-12H2,(H,22,25). The Morgan fingerprint density at radius 1 is 1.04 bits per heavy atom. The SMILES string of the molecule is O=C(c1ccc(=O)[nH]c1)C1CCN(C2Cc3ccccc3CC2O)CC1. The van der Waals surface area contributed by atoms with E-state index in [0.717, 1.165) is 32.4 Å². The number of benzene rings is 1. The molecule has 5 heteroatoms. The van der Waals surface area contributed by atoms with Crippen LogP contribution in [0.2, 0.25) is 0 Å². The van der Waals surface area contributed by atoms with Gasteiger partial charge in [-0.1, -0.05) is 24.3 Å². The second-order valence-electron chi connectivity index (χ2n) is 7.43. The summed E-state index contributed by atoms with van der Waals surface area (Å²) in [5.74, 6) is 0.0978. The van der Waals surface area contributed by atoms with Crippen LogP contribution in [-0.4, -0.2) is 46.0 Å². The molecule has 4 rings (SSSR count). The fourth-order valence-corrected chi connectivity index (χ4v) is 4.34. The quantitative estimate of drug-likeness (QED) is 0.826. The summed E-state index contributed by atoms with van der Waals surface area (Å²) < 4.78 is 0. The van der Waals surface area contributed by atoms with E-state index in [1.807, 2.05) is 6.07 Å². The van der Waals surface area contributed by atoms with E-state index >= 15 is 0 Å². The van der Waals surface area contributed by atoms with Crippen molar-refractivity contribution in [3.63, 3.8) is 0 Å². The largest absolute Gasteiger partial charge is 0.391 e. The number of ketones is 1. The molecule has 0 radical (unpaired) electrons. The van der Waals surface area contributed by atoms with E-state index in [2.05, 4.69) is 28.1 Å². The number of carbonyl (C=O) groups excluding carboxylic acids is 1. The highest BCUT2D eigenvalue weighted by Gasteiger charge is 2.35.